The van der Waals surface area contributed by atoms with Gasteiger partial charge < -0.3 is 13.9 Å². The molecular weight excluding hydrogens is 188 g/mol. The molecule has 0 aliphatic carbocycles. The van der Waals surface area contributed by atoms with Crippen LogP contribution in [0, 0.1) is 5.41 Å². The van der Waals surface area contributed by atoms with Gasteiger partial charge in [0.05, 0.1) is 25.2 Å². The molecule has 1 aliphatic rings. The van der Waals surface area contributed by atoms with E-state index in [1.165, 1.54) is 0 Å². The minimum absolute atomic E-state index is 0.184. The highest BCUT2D eigenvalue weighted by Gasteiger charge is 2.30. The van der Waals surface area contributed by atoms with Crippen LogP contribution in [0.5, 0.6) is 0 Å². The summed E-state index contributed by atoms with van der Waals surface area (Å²) >= 11 is 0. The van der Waals surface area contributed by atoms with Crippen LogP contribution in [0.4, 0.5) is 0 Å². The van der Waals surface area contributed by atoms with Crippen LogP contribution >= 0.6 is 0 Å². The molecule has 0 radical (unpaired) electrons. The Labute approximate surface area is 81.1 Å². The van der Waals surface area contributed by atoms with Gasteiger partial charge in [-0.3, -0.25) is 4.79 Å². The van der Waals surface area contributed by atoms with Gasteiger partial charge in [-0.05, 0) is 13.8 Å². The van der Waals surface area contributed by atoms with E-state index in [0.717, 1.165) is 6.61 Å². The van der Waals surface area contributed by atoms with Gasteiger partial charge in [0.25, 0.3) is 5.97 Å². The van der Waals surface area contributed by atoms with Crippen molar-refractivity contribution in [2.45, 2.75) is 20.0 Å². The van der Waals surface area contributed by atoms with Crippen LogP contribution in [0.1, 0.15) is 13.8 Å². The predicted octanol–water partition coefficient (Wildman–Crippen LogP) is -0.748. The Morgan fingerprint density at radius 3 is 2.77 bits per heavy atom. The minimum Gasteiger partial charge on any atom is -0.528 e. The van der Waals surface area contributed by atoms with Crippen molar-refractivity contribution >= 4 is 16.5 Å². The first-order valence-corrected chi connectivity index (χ1v) is 5.15. The SMILES string of the molecule is CC(C)(COCC1CO1)C(=O)O[SiH3]. The van der Waals surface area contributed by atoms with Gasteiger partial charge >= 0.3 is 0 Å². The zero-order chi connectivity index (χ0) is 9.90. The van der Waals surface area contributed by atoms with E-state index in [2.05, 4.69) is 0 Å². The zero-order valence-corrected chi connectivity index (χ0v) is 10.3. The number of carbonyl (C=O) groups excluding carboxylic acids is 1. The average molecular weight is 204 g/mol. The fourth-order valence-corrected chi connectivity index (χ4v) is 1.50. The molecule has 1 aliphatic heterocycles. The molecule has 4 nitrogen and oxygen atoms in total. The molecule has 1 saturated heterocycles. The quantitative estimate of drug-likeness (QED) is 0.437. The van der Waals surface area contributed by atoms with Crippen molar-refractivity contribution in [3.8, 4) is 0 Å². The number of ether oxygens (including phenoxy) is 2. The van der Waals surface area contributed by atoms with Crippen LogP contribution in [0.25, 0.3) is 0 Å². The maximum Gasteiger partial charge on any atom is 0.299 e. The molecule has 13 heavy (non-hydrogen) atoms. The van der Waals surface area contributed by atoms with Crippen LogP contribution < -0.4 is 0 Å². The summed E-state index contributed by atoms with van der Waals surface area (Å²) in [5.41, 5.74) is -0.531. The van der Waals surface area contributed by atoms with E-state index in [1.807, 2.05) is 13.8 Å². The summed E-state index contributed by atoms with van der Waals surface area (Å²) in [5.74, 6) is -0.184. The smallest absolute Gasteiger partial charge is 0.299 e. The molecule has 0 bridgehead atoms. The molecule has 0 aromatic carbocycles. The first kappa shape index (κ1) is 10.7. The van der Waals surface area contributed by atoms with Crippen LogP contribution in [0.3, 0.4) is 0 Å². The average Bonchev–Trinajstić information content (AvgIpc) is 2.86. The van der Waals surface area contributed by atoms with E-state index >= 15 is 0 Å². The van der Waals surface area contributed by atoms with Crippen molar-refractivity contribution in [2.24, 2.45) is 5.41 Å². The van der Waals surface area contributed by atoms with Gasteiger partial charge in [0.1, 0.15) is 6.10 Å². The second-order valence-electron chi connectivity index (χ2n) is 3.85. The minimum atomic E-state index is -0.531. The summed E-state index contributed by atoms with van der Waals surface area (Å²) in [6.45, 7) is 5.40. The molecule has 1 heterocycles. The lowest BCUT2D eigenvalue weighted by Gasteiger charge is -2.21. The largest absolute Gasteiger partial charge is 0.528 e. The molecule has 0 spiro atoms. The zero-order valence-electron chi connectivity index (χ0n) is 8.33. The topological polar surface area (TPSA) is 48.1 Å². The summed E-state index contributed by atoms with van der Waals surface area (Å²) in [4.78, 5) is 11.2. The molecule has 1 fully saturated rings. The monoisotopic (exact) mass is 204 g/mol. The van der Waals surface area contributed by atoms with Gasteiger partial charge in [0.2, 0.25) is 10.5 Å². The predicted molar refractivity (Wildman–Crippen MR) is 50.4 cm³/mol. The Morgan fingerprint density at radius 1 is 1.69 bits per heavy atom. The van der Waals surface area contributed by atoms with Gasteiger partial charge in [0, 0.05) is 0 Å². The molecule has 5 heteroatoms. The van der Waals surface area contributed by atoms with Crippen molar-refractivity contribution in [2.75, 3.05) is 19.8 Å². The summed E-state index contributed by atoms with van der Waals surface area (Å²) in [5, 5.41) is 0. The number of hydrogen-bond acceptors (Lipinski definition) is 4. The standard InChI is InChI=1S/C8H16O4Si/c1-8(2,7(9)12-13)5-10-3-6-4-11-6/h6H,3-5H2,1-2,13H3. The number of rotatable bonds is 5. The number of epoxide rings is 1. The normalized spacial score (nSPS) is 21.5. The van der Waals surface area contributed by atoms with E-state index in [0.29, 0.717) is 23.7 Å². The summed E-state index contributed by atoms with van der Waals surface area (Å²) in [6, 6.07) is 0. The Balaban J connectivity index is 2.19. The molecule has 0 saturated carbocycles. The van der Waals surface area contributed by atoms with Gasteiger partial charge in [-0.25, -0.2) is 0 Å². The van der Waals surface area contributed by atoms with Gasteiger partial charge in [-0.15, -0.1) is 0 Å². The lowest BCUT2D eigenvalue weighted by Crippen LogP contribution is -2.31. The third kappa shape index (κ3) is 3.46. The van der Waals surface area contributed by atoms with Crippen molar-refractivity contribution in [3.05, 3.63) is 0 Å². The highest BCUT2D eigenvalue weighted by atomic mass is 28.2. The lowest BCUT2D eigenvalue weighted by atomic mass is 9.95. The van der Waals surface area contributed by atoms with E-state index in [-0.39, 0.29) is 12.1 Å². The van der Waals surface area contributed by atoms with Crippen molar-refractivity contribution in [3.63, 3.8) is 0 Å². The van der Waals surface area contributed by atoms with Crippen molar-refractivity contribution in [1.82, 2.24) is 0 Å². The van der Waals surface area contributed by atoms with Crippen molar-refractivity contribution in [1.29, 1.82) is 0 Å². The van der Waals surface area contributed by atoms with Gasteiger partial charge in [0.15, 0.2) is 0 Å². The highest BCUT2D eigenvalue weighted by molar-refractivity contribution is 6.06. The molecule has 0 amide bonds. The van der Waals surface area contributed by atoms with E-state index in [1.54, 1.807) is 0 Å². The molecular formula is C8H16O4Si. The van der Waals surface area contributed by atoms with Crippen LogP contribution in [0.15, 0.2) is 0 Å². The molecule has 76 valence electrons. The Hall–Kier alpha value is -0.393. The third-order valence-electron chi connectivity index (χ3n) is 1.91. The van der Waals surface area contributed by atoms with E-state index < -0.39 is 5.41 Å². The molecule has 0 N–H and O–H groups in total. The Bertz CT molecular complexity index is 189. The van der Waals surface area contributed by atoms with Crippen LogP contribution in [-0.4, -0.2) is 42.4 Å². The van der Waals surface area contributed by atoms with Crippen LogP contribution in [0.2, 0.25) is 0 Å². The first-order chi connectivity index (χ1) is 6.06. The first-order valence-electron chi connectivity index (χ1n) is 4.34. The molecule has 1 rings (SSSR count). The number of hydrogen-bond donors (Lipinski definition) is 0. The highest BCUT2D eigenvalue weighted by Crippen LogP contribution is 2.18. The Kier molecular flexibility index (Phi) is 3.46. The third-order valence-corrected chi connectivity index (χ3v) is 2.28. The second kappa shape index (κ2) is 4.21. The van der Waals surface area contributed by atoms with Gasteiger partial charge in [-0.2, -0.15) is 0 Å². The fourth-order valence-electron chi connectivity index (χ4n) is 0.945. The maximum atomic E-state index is 11.2. The Morgan fingerprint density at radius 2 is 2.31 bits per heavy atom. The second-order valence-corrected chi connectivity index (χ2v) is 4.25. The molecule has 1 atom stereocenters. The summed E-state index contributed by atoms with van der Waals surface area (Å²) in [6.07, 6.45) is 0.253. The lowest BCUT2D eigenvalue weighted by molar-refractivity contribution is -0.147. The van der Waals surface area contributed by atoms with E-state index in [9.17, 15) is 4.79 Å². The molecule has 1 unspecified atom stereocenters. The van der Waals surface area contributed by atoms with Crippen molar-refractivity contribution < 1.29 is 18.7 Å². The van der Waals surface area contributed by atoms with E-state index in [4.69, 9.17) is 13.9 Å². The molecule has 0 aromatic rings. The summed E-state index contributed by atoms with van der Waals surface area (Å²) < 4.78 is 15.1. The van der Waals surface area contributed by atoms with Crippen LogP contribution in [-0.2, 0) is 18.7 Å². The molecule has 0 aromatic heterocycles. The number of carbonyl (C=O) groups is 1. The van der Waals surface area contributed by atoms with Gasteiger partial charge in [-0.1, -0.05) is 0 Å². The fraction of sp³-hybridized carbons (Fsp3) is 0.875. The maximum absolute atomic E-state index is 11.2. The summed E-state index contributed by atoms with van der Waals surface area (Å²) in [7, 11) is 0.442.